The van der Waals surface area contributed by atoms with Crippen molar-refractivity contribution < 1.29 is 26.4 Å². The maximum atomic E-state index is 13.8. The van der Waals surface area contributed by atoms with Crippen LogP contribution in [0, 0.1) is 17.8 Å². The number of nitrogens with two attached hydrogens (primary N) is 1. The normalized spacial score (nSPS) is 26.4. The van der Waals surface area contributed by atoms with Crippen LogP contribution in [-0.2, 0) is 21.0 Å². The van der Waals surface area contributed by atoms with E-state index in [1.54, 1.807) is 13.1 Å². The van der Waals surface area contributed by atoms with Gasteiger partial charge in [0.15, 0.2) is 0 Å². The Morgan fingerprint density at radius 3 is 2.21 bits per heavy atom. The third-order valence-electron chi connectivity index (χ3n) is 9.25. The monoisotopic (exact) mass is 608 g/mol. The highest BCUT2D eigenvalue weighted by Gasteiger charge is 2.43. The molecule has 0 radical (unpaired) electrons. The van der Waals surface area contributed by atoms with Crippen molar-refractivity contribution in [3.63, 3.8) is 0 Å². The van der Waals surface area contributed by atoms with Gasteiger partial charge in [-0.1, -0.05) is 19.9 Å². The van der Waals surface area contributed by atoms with Gasteiger partial charge in [0, 0.05) is 42.7 Å². The summed E-state index contributed by atoms with van der Waals surface area (Å²) < 4.78 is 65.0. The number of piperidine rings is 1. The predicted molar refractivity (Wildman–Crippen MR) is 154 cm³/mol. The maximum Gasteiger partial charge on any atom is 0.417 e. The highest BCUT2D eigenvalue weighted by atomic mass is 32.2. The molecule has 9 nitrogen and oxygen atoms in total. The van der Waals surface area contributed by atoms with Crippen LogP contribution < -0.4 is 20.7 Å². The van der Waals surface area contributed by atoms with Crippen LogP contribution >= 0.6 is 0 Å². The van der Waals surface area contributed by atoms with E-state index in [1.165, 1.54) is 6.07 Å². The lowest BCUT2D eigenvalue weighted by molar-refractivity contribution is -0.139. The fraction of sp³-hybridized carbons (Fsp3) is 0.621. The molecule has 13 heteroatoms. The molecule has 1 aliphatic carbocycles. The molecule has 230 valence electrons. The summed E-state index contributed by atoms with van der Waals surface area (Å²) in [7, 11) is -2.97. The van der Waals surface area contributed by atoms with Crippen molar-refractivity contribution in [2.75, 3.05) is 17.3 Å². The fourth-order valence-electron chi connectivity index (χ4n) is 7.02. The van der Waals surface area contributed by atoms with E-state index in [1.807, 2.05) is 0 Å². The summed E-state index contributed by atoms with van der Waals surface area (Å²) in [5.74, 6) is 2.38. The zero-order valence-electron chi connectivity index (χ0n) is 24.1. The Kier molecular flexibility index (Phi) is 8.45. The molecule has 1 aromatic carbocycles. The predicted octanol–water partition coefficient (Wildman–Crippen LogP) is 4.93. The number of amides is 1. The molecule has 2 saturated heterocycles. The molecule has 3 atom stereocenters. The van der Waals surface area contributed by atoms with Crippen LogP contribution in [0.2, 0.25) is 0 Å². The first-order valence-corrected chi connectivity index (χ1v) is 16.2. The number of nitrogens with zero attached hydrogens (tertiary/aromatic N) is 3. The van der Waals surface area contributed by atoms with Gasteiger partial charge in [-0.05, 0) is 75.3 Å². The summed E-state index contributed by atoms with van der Waals surface area (Å²) in [5.41, 5.74) is -1.03. The van der Waals surface area contributed by atoms with E-state index in [4.69, 9.17) is 5.14 Å². The molecule has 3 heterocycles. The number of anilines is 2. The molecule has 1 saturated carbocycles. The molecule has 42 heavy (non-hydrogen) atoms. The van der Waals surface area contributed by atoms with Gasteiger partial charge in [0.1, 0.15) is 5.82 Å². The van der Waals surface area contributed by atoms with Crippen molar-refractivity contribution in [2.45, 2.75) is 94.4 Å². The van der Waals surface area contributed by atoms with E-state index in [0.717, 1.165) is 63.5 Å². The summed E-state index contributed by atoms with van der Waals surface area (Å²) in [5, 5.41) is 11.3. The van der Waals surface area contributed by atoms with Crippen molar-refractivity contribution in [3.8, 4) is 11.3 Å². The second-order valence-electron chi connectivity index (χ2n) is 12.3. The highest BCUT2D eigenvalue weighted by molar-refractivity contribution is 7.89. The number of hydrogen-bond donors (Lipinski definition) is 3. The van der Waals surface area contributed by atoms with Crippen LogP contribution in [0.1, 0.15) is 70.8 Å². The largest absolute Gasteiger partial charge is 0.417 e. The number of rotatable bonds is 7. The van der Waals surface area contributed by atoms with E-state index < -0.39 is 26.7 Å². The van der Waals surface area contributed by atoms with Gasteiger partial charge >= 0.3 is 6.18 Å². The zero-order valence-corrected chi connectivity index (χ0v) is 24.9. The van der Waals surface area contributed by atoms with Crippen molar-refractivity contribution >= 4 is 27.7 Å². The Hall–Kier alpha value is -2.93. The smallest absolute Gasteiger partial charge is 0.357 e. The summed E-state index contributed by atoms with van der Waals surface area (Å²) >= 11 is 0. The van der Waals surface area contributed by atoms with Gasteiger partial charge in [-0.25, -0.2) is 18.5 Å². The van der Waals surface area contributed by atoms with Crippen molar-refractivity contribution in [1.29, 1.82) is 0 Å². The number of primary sulfonamides is 1. The molecule has 0 spiro atoms. The van der Waals surface area contributed by atoms with Crippen LogP contribution in [0.4, 0.5) is 24.9 Å². The number of halogens is 3. The van der Waals surface area contributed by atoms with Crippen LogP contribution in [-0.4, -0.2) is 49.5 Å². The second kappa shape index (κ2) is 11.6. The SMILES string of the molecule is CNc1nc(-c2ccc(S(N)(=O)=O)c(C(F)(F)F)c2)cc(N2[C@@H]3CC[C@H]2CC(NC(=O)C2CCC(C(C)C)CC2)C3)n1. The van der Waals surface area contributed by atoms with Crippen LogP contribution in [0.5, 0.6) is 0 Å². The molecule has 1 unspecified atom stereocenters. The Bertz CT molecular complexity index is 1410. The topological polar surface area (TPSA) is 130 Å². The molecular weight excluding hydrogens is 569 g/mol. The summed E-state index contributed by atoms with van der Waals surface area (Å²) in [6.07, 6.45) is 2.50. The standard InChI is InChI=1S/C29H39F3N6O3S/c1-16(2)17-4-6-18(7-5-17)27(39)35-20-13-21-9-10-22(14-20)38(21)26-15-24(36-28(34-3)37-26)19-8-11-25(42(33,40)41)23(12-19)29(30,31)32/h8,11-12,15-18,20-22H,4-7,9-10,13-14H2,1-3H3,(H,35,39)(H2,33,40,41)(H,34,36,37)/t17?,18?,20?,21-,22+. The molecule has 2 aliphatic heterocycles. The molecule has 3 aliphatic rings. The van der Waals surface area contributed by atoms with Gasteiger partial charge in [0.2, 0.25) is 21.9 Å². The zero-order chi connectivity index (χ0) is 30.4. The molecule has 3 fully saturated rings. The number of aromatic nitrogens is 2. The van der Waals surface area contributed by atoms with E-state index in [9.17, 15) is 26.4 Å². The van der Waals surface area contributed by atoms with Gasteiger partial charge in [-0.15, -0.1) is 0 Å². The van der Waals surface area contributed by atoms with Gasteiger partial charge in [0.25, 0.3) is 0 Å². The Morgan fingerprint density at radius 1 is 1.02 bits per heavy atom. The Labute approximate surface area is 244 Å². The lowest BCUT2D eigenvalue weighted by atomic mass is 9.76. The van der Waals surface area contributed by atoms with Gasteiger partial charge in [-0.2, -0.15) is 18.2 Å². The van der Waals surface area contributed by atoms with Crippen LogP contribution in [0.3, 0.4) is 0 Å². The molecule has 5 rings (SSSR count). The summed E-state index contributed by atoms with van der Waals surface area (Å²) in [4.78, 5) is 23.3. The number of alkyl halides is 3. The number of carbonyl (C=O) groups is 1. The molecule has 2 bridgehead atoms. The van der Waals surface area contributed by atoms with Crippen molar-refractivity contribution in [3.05, 3.63) is 29.8 Å². The van der Waals surface area contributed by atoms with E-state index in [-0.39, 0.29) is 47.2 Å². The van der Waals surface area contributed by atoms with Gasteiger partial charge in [-0.3, -0.25) is 4.79 Å². The Balaban J connectivity index is 1.35. The maximum absolute atomic E-state index is 13.8. The molecule has 4 N–H and O–H groups in total. The van der Waals surface area contributed by atoms with Crippen molar-refractivity contribution in [1.82, 2.24) is 15.3 Å². The number of hydrogen-bond acceptors (Lipinski definition) is 7. The minimum Gasteiger partial charge on any atom is -0.357 e. The van der Waals surface area contributed by atoms with Gasteiger partial charge in [0.05, 0.1) is 16.2 Å². The number of nitrogens with one attached hydrogen (secondary N) is 2. The fourth-order valence-corrected chi connectivity index (χ4v) is 7.76. The summed E-state index contributed by atoms with van der Waals surface area (Å²) in [6.45, 7) is 4.50. The van der Waals surface area contributed by atoms with Crippen LogP contribution in [0.15, 0.2) is 29.2 Å². The third kappa shape index (κ3) is 6.36. The number of benzene rings is 1. The van der Waals surface area contributed by atoms with Crippen molar-refractivity contribution in [2.24, 2.45) is 22.9 Å². The molecule has 1 amide bonds. The third-order valence-corrected chi connectivity index (χ3v) is 10.2. The average Bonchev–Trinajstić information content (AvgIpc) is 3.21. The quantitative estimate of drug-likeness (QED) is 0.406. The lowest BCUT2D eigenvalue weighted by Gasteiger charge is -2.41. The highest BCUT2D eigenvalue weighted by Crippen LogP contribution is 2.41. The molecule has 1 aromatic heterocycles. The first kappa shape index (κ1) is 30.5. The number of carbonyl (C=O) groups excluding carboxylic acids is 1. The Morgan fingerprint density at radius 2 is 1.67 bits per heavy atom. The second-order valence-corrected chi connectivity index (χ2v) is 13.8. The van der Waals surface area contributed by atoms with E-state index in [0.29, 0.717) is 17.7 Å². The summed E-state index contributed by atoms with van der Waals surface area (Å²) in [6, 6.07) is 4.84. The number of sulfonamides is 1. The molecule has 2 aromatic rings. The number of fused-ring (bicyclic) bond motifs is 2. The van der Waals surface area contributed by atoms with Gasteiger partial charge < -0.3 is 15.5 Å². The average molecular weight is 609 g/mol. The van der Waals surface area contributed by atoms with E-state index >= 15 is 0 Å². The first-order chi connectivity index (χ1) is 19.7. The minimum atomic E-state index is -4.93. The van der Waals surface area contributed by atoms with E-state index in [2.05, 4.69) is 39.3 Å². The first-order valence-electron chi connectivity index (χ1n) is 14.6. The lowest BCUT2D eigenvalue weighted by Crippen LogP contribution is -2.52. The minimum absolute atomic E-state index is 0.0688. The van der Waals surface area contributed by atoms with Crippen LogP contribution in [0.25, 0.3) is 11.3 Å². The molecular formula is C29H39F3N6O3S.